The first-order chi connectivity index (χ1) is 11.2. The smallest absolute Gasteiger partial charge is 0.228 e. The van der Waals surface area contributed by atoms with Gasteiger partial charge in [0.2, 0.25) is 5.91 Å². The third kappa shape index (κ3) is 3.08. The second-order valence-electron chi connectivity index (χ2n) is 5.86. The zero-order valence-electron chi connectivity index (χ0n) is 12.4. The van der Waals surface area contributed by atoms with Gasteiger partial charge in [0.05, 0.1) is 6.42 Å². The van der Waals surface area contributed by atoms with Gasteiger partial charge in [-0.25, -0.2) is 9.37 Å². The number of nitrogens with one attached hydrogen (secondary N) is 1. The zero-order chi connectivity index (χ0) is 15.8. The number of benzene rings is 2. The summed E-state index contributed by atoms with van der Waals surface area (Å²) < 4.78 is 18.8. The van der Waals surface area contributed by atoms with Gasteiger partial charge in [-0.15, -0.1) is 0 Å². The Morgan fingerprint density at radius 2 is 2.13 bits per heavy atom. The van der Waals surface area contributed by atoms with Crippen molar-refractivity contribution < 1.29 is 13.6 Å². The van der Waals surface area contributed by atoms with Gasteiger partial charge in [-0.1, -0.05) is 12.1 Å². The van der Waals surface area contributed by atoms with Crippen LogP contribution in [0.5, 0.6) is 0 Å². The highest BCUT2D eigenvalue weighted by atomic mass is 19.1. The number of amides is 1. The third-order valence-corrected chi connectivity index (χ3v) is 3.87. The molecule has 0 bridgehead atoms. The summed E-state index contributed by atoms with van der Waals surface area (Å²) in [6.45, 7) is 0. The molecule has 1 N–H and O–H groups in total. The number of fused-ring (bicyclic) bond motifs is 1. The maximum absolute atomic E-state index is 13.1. The van der Waals surface area contributed by atoms with E-state index in [-0.39, 0.29) is 18.1 Å². The summed E-state index contributed by atoms with van der Waals surface area (Å²) in [4.78, 5) is 16.5. The number of oxazole rings is 1. The van der Waals surface area contributed by atoms with Gasteiger partial charge >= 0.3 is 0 Å². The van der Waals surface area contributed by atoms with Gasteiger partial charge in [-0.2, -0.15) is 0 Å². The molecule has 116 valence electrons. The number of nitrogens with zero attached hydrogens (tertiary/aromatic N) is 1. The summed E-state index contributed by atoms with van der Waals surface area (Å²) in [5.74, 6) is 0.699. The van der Waals surface area contributed by atoms with E-state index in [4.69, 9.17) is 4.42 Å². The number of aromatic nitrogens is 1. The first-order valence-corrected chi connectivity index (χ1v) is 7.62. The summed E-state index contributed by atoms with van der Waals surface area (Å²) in [7, 11) is 0. The summed E-state index contributed by atoms with van der Waals surface area (Å²) in [6, 6.07) is 11.4. The van der Waals surface area contributed by atoms with Crippen LogP contribution in [-0.2, 0) is 11.2 Å². The molecule has 23 heavy (non-hydrogen) atoms. The van der Waals surface area contributed by atoms with Crippen LogP contribution in [0, 0.1) is 5.82 Å². The monoisotopic (exact) mass is 310 g/mol. The van der Waals surface area contributed by atoms with E-state index in [1.54, 1.807) is 24.3 Å². The van der Waals surface area contributed by atoms with Gasteiger partial charge < -0.3 is 9.73 Å². The SMILES string of the molecule is O=C(Cc1cccc(F)c1)Nc1ccc2oc(C3CC3)nc2c1. The van der Waals surface area contributed by atoms with Gasteiger partial charge in [0.25, 0.3) is 0 Å². The fourth-order valence-electron chi connectivity index (χ4n) is 2.57. The van der Waals surface area contributed by atoms with Crippen molar-refractivity contribution in [3.05, 3.63) is 59.7 Å². The number of anilines is 1. The topological polar surface area (TPSA) is 55.1 Å². The molecule has 5 heteroatoms. The van der Waals surface area contributed by atoms with E-state index < -0.39 is 0 Å². The molecule has 0 aliphatic heterocycles. The van der Waals surface area contributed by atoms with Gasteiger partial charge in [0.15, 0.2) is 11.5 Å². The van der Waals surface area contributed by atoms with Crippen LogP contribution in [0.1, 0.15) is 30.2 Å². The molecule has 0 unspecified atom stereocenters. The molecule has 0 saturated heterocycles. The molecule has 1 aliphatic rings. The largest absolute Gasteiger partial charge is 0.440 e. The fraction of sp³-hybridized carbons (Fsp3) is 0.222. The predicted octanol–water partition coefficient (Wildman–Crippen LogP) is 4.03. The Bertz CT molecular complexity index is 884. The first-order valence-electron chi connectivity index (χ1n) is 7.62. The highest BCUT2D eigenvalue weighted by Crippen LogP contribution is 2.40. The van der Waals surface area contributed by atoms with Crippen molar-refractivity contribution in [3.63, 3.8) is 0 Å². The van der Waals surface area contributed by atoms with E-state index in [0.717, 1.165) is 29.8 Å². The molecule has 0 atom stereocenters. The number of carbonyl (C=O) groups is 1. The Labute approximate surface area is 132 Å². The van der Waals surface area contributed by atoms with Crippen LogP contribution < -0.4 is 5.32 Å². The van der Waals surface area contributed by atoms with Crippen molar-refractivity contribution in [1.29, 1.82) is 0 Å². The molecule has 1 aromatic heterocycles. The Hall–Kier alpha value is -2.69. The Kier molecular flexibility index (Phi) is 3.33. The van der Waals surface area contributed by atoms with Crippen molar-refractivity contribution in [2.75, 3.05) is 5.32 Å². The van der Waals surface area contributed by atoms with Crippen molar-refractivity contribution in [3.8, 4) is 0 Å². The van der Waals surface area contributed by atoms with E-state index in [2.05, 4.69) is 10.3 Å². The Morgan fingerprint density at radius 1 is 1.26 bits per heavy atom. The maximum atomic E-state index is 13.1. The standard InChI is InChI=1S/C18H15FN2O2/c19-13-3-1-2-11(8-13)9-17(22)20-14-6-7-16-15(10-14)21-18(23-16)12-4-5-12/h1-3,6-8,10,12H,4-5,9H2,(H,20,22). The van der Waals surface area contributed by atoms with Crippen LogP contribution in [0.4, 0.5) is 10.1 Å². The summed E-state index contributed by atoms with van der Waals surface area (Å²) >= 11 is 0. The summed E-state index contributed by atoms with van der Waals surface area (Å²) in [6.07, 6.45) is 2.38. The second kappa shape index (κ2) is 5.50. The highest BCUT2D eigenvalue weighted by Gasteiger charge is 2.28. The van der Waals surface area contributed by atoms with Crippen LogP contribution in [-0.4, -0.2) is 10.9 Å². The van der Waals surface area contributed by atoms with E-state index in [1.807, 2.05) is 6.07 Å². The number of hydrogen-bond acceptors (Lipinski definition) is 3. The molecular formula is C18H15FN2O2. The minimum atomic E-state index is -0.341. The predicted molar refractivity (Wildman–Crippen MR) is 84.7 cm³/mol. The lowest BCUT2D eigenvalue weighted by Crippen LogP contribution is -2.14. The van der Waals surface area contributed by atoms with Crippen LogP contribution >= 0.6 is 0 Å². The molecule has 1 aliphatic carbocycles. The van der Waals surface area contributed by atoms with Crippen molar-refractivity contribution in [2.45, 2.75) is 25.2 Å². The fourth-order valence-corrected chi connectivity index (χ4v) is 2.57. The van der Waals surface area contributed by atoms with E-state index in [0.29, 0.717) is 17.2 Å². The van der Waals surface area contributed by atoms with Crippen LogP contribution in [0.2, 0.25) is 0 Å². The molecule has 1 heterocycles. The normalized spacial score (nSPS) is 14.1. The van der Waals surface area contributed by atoms with Crippen molar-refractivity contribution in [1.82, 2.24) is 4.98 Å². The van der Waals surface area contributed by atoms with Crippen LogP contribution in [0.3, 0.4) is 0 Å². The number of halogens is 1. The Morgan fingerprint density at radius 3 is 2.91 bits per heavy atom. The van der Waals surface area contributed by atoms with Crippen LogP contribution in [0.25, 0.3) is 11.1 Å². The van der Waals surface area contributed by atoms with Crippen LogP contribution in [0.15, 0.2) is 46.9 Å². The molecule has 2 aromatic carbocycles. The van der Waals surface area contributed by atoms with Gasteiger partial charge in [-0.3, -0.25) is 4.79 Å². The first kappa shape index (κ1) is 13.9. The van der Waals surface area contributed by atoms with Crippen molar-refractivity contribution >= 4 is 22.7 Å². The lowest BCUT2D eigenvalue weighted by atomic mass is 10.1. The maximum Gasteiger partial charge on any atom is 0.228 e. The summed E-state index contributed by atoms with van der Waals surface area (Å²) in [5, 5.41) is 2.81. The van der Waals surface area contributed by atoms with Gasteiger partial charge in [0, 0.05) is 11.6 Å². The average molecular weight is 310 g/mol. The number of rotatable bonds is 4. The lowest BCUT2D eigenvalue weighted by molar-refractivity contribution is -0.115. The second-order valence-corrected chi connectivity index (χ2v) is 5.86. The molecule has 4 nitrogen and oxygen atoms in total. The molecule has 4 rings (SSSR count). The molecule has 1 amide bonds. The minimum absolute atomic E-state index is 0.127. The Balaban J connectivity index is 1.49. The van der Waals surface area contributed by atoms with Gasteiger partial charge in [0.1, 0.15) is 11.3 Å². The number of hydrogen-bond donors (Lipinski definition) is 1. The minimum Gasteiger partial charge on any atom is -0.440 e. The van der Waals surface area contributed by atoms with E-state index >= 15 is 0 Å². The van der Waals surface area contributed by atoms with Crippen molar-refractivity contribution in [2.24, 2.45) is 0 Å². The molecule has 0 spiro atoms. The number of carbonyl (C=O) groups excluding carboxylic acids is 1. The quantitative estimate of drug-likeness (QED) is 0.791. The lowest BCUT2D eigenvalue weighted by Gasteiger charge is -2.05. The molecule has 3 aromatic rings. The zero-order valence-corrected chi connectivity index (χ0v) is 12.4. The molecule has 0 radical (unpaired) electrons. The third-order valence-electron chi connectivity index (χ3n) is 3.87. The van der Waals surface area contributed by atoms with E-state index in [9.17, 15) is 9.18 Å². The molecular weight excluding hydrogens is 295 g/mol. The summed E-state index contributed by atoms with van der Waals surface area (Å²) in [5.41, 5.74) is 2.78. The van der Waals surface area contributed by atoms with Gasteiger partial charge in [-0.05, 0) is 48.7 Å². The van der Waals surface area contributed by atoms with E-state index in [1.165, 1.54) is 12.1 Å². The average Bonchev–Trinajstić information content (AvgIpc) is 3.27. The molecule has 1 fully saturated rings. The highest BCUT2D eigenvalue weighted by molar-refractivity contribution is 5.94. The molecule has 1 saturated carbocycles.